The van der Waals surface area contributed by atoms with Crippen LogP contribution in [0, 0.1) is 0 Å². The molecule has 0 amide bonds. The maximum Gasteiger partial charge on any atom is 0.218 e. The van der Waals surface area contributed by atoms with Crippen LogP contribution in [0.2, 0.25) is 0 Å². The van der Waals surface area contributed by atoms with Crippen LogP contribution in [0.5, 0.6) is 0 Å². The van der Waals surface area contributed by atoms with Crippen LogP contribution in [0.15, 0.2) is 39.6 Å². The molecule has 6 rings (SSSR count). The Labute approximate surface area is 213 Å². The van der Waals surface area contributed by atoms with Gasteiger partial charge in [0, 0.05) is 65.4 Å². The van der Waals surface area contributed by atoms with Crippen molar-refractivity contribution in [2.24, 2.45) is 9.26 Å². The van der Waals surface area contributed by atoms with Gasteiger partial charge in [0.25, 0.3) is 0 Å². The summed E-state index contributed by atoms with van der Waals surface area (Å²) in [7, 11) is -4.26. The summed E-state index contributed by atoms with van der Waals surface area (Å²) in [6, 6.07) is 10.9. The van der Waals surface area contributed by atoms with Crippen LogP contribution in [-0.2, 0) is 0 Å². The van der Waals surface area contributed by atoms with E-state index in [2.05, 4.69) is 53.7 Å². The van der Waals surface area contributed by atoms with E-state index in [4.69, 9.17) is 9.26 Å². The molecule has 0 aromatic heterocycles. The Kier molecular flexibility index (Phi) is 7.84. The first-order chi connectivity index (χ1) is 17.3. The SMILES string of the molecule is c1ccc(N=P(N=P(N2CCCC2)(N2CCCC2)N2CCCC2)(N2CCCC2)N2CCCC2)cc1. The van der Waals surface area contributed by atoms with Gasteiger partial charge in [-0.25, -0.2) is 28.1 Å². The Morgan fingerprint density at radius 2 is 0.800 bits per heavy atom. The van der Waals surface area contributed by atoms with Crippen molar-refractivity contribution in [3.05, 3.63) is 30.3 Å². The second-order valence-electron chi connectivity index (χ2n) is 10.9. The Morgan fingerprint density at radius 3 is 1.17 bits per heavy atom. The summed E-state index contributed by atoms with van der Waals surface area (Å²) in [6.07, 6.45) is 13.1. The van der Waals surface area contributed by atoms with Crippen molar-refractivity contribution in [2.45, 2.75) is 64.2 Å². The summed E-state index contributed by atoms with van der Waals surface area (Å²) in [5, 5.41) is 0. The summed E-state index contributed by atoms with van der Waals surface area (Å²) in [5.41, 5.74) is 1.13. The number of nitrogens with zero attached hydrogens (tertiary/aromatic N) is 7. The molecule has 0 saturated carbocycles. The van der Waals surface area contributed by atoms with Crippen molar-refractivity contribution >= 4 is 20.7 Å². The molecule has 0 N–H and O–H groups in total. The van der Waals surface area contributed by atoms with Gasteiger partial charge in [0.15, 0.2) is 7.51 Å². The molecule has 1 aromatic rings. The highest BCUT2D eigenvalue weighted by Gasteiger charge is 2.48. The predicted octanol–water partition coefficient (Wildman–Crippen LogP) is 6.69. The minimum Gasteiger partial charge on any atom is -0.245 e. The zero-order valence-corrected chi connectivity index (χ0v) is 23.3. The minimum atomic E-state index is -2.25. The fourth-order valence-corrected chi connectivity index (χ4v) is 16.7. The third-order valence-corrected chi connectivity index (χ3v) is 16.8. The molecule has 0 spiro atoms. The second kappa shape index (κ2) is 11.1. The number of hydrogen-bond donors (Lipinski definition) is 0. The highest BCUT2D eigenvalue weighted by atomic mass is 31.2. The Morgan fingerprint density at radius 1 is 0.457 bits per heavy atom. The van der Waals surface area contributed by atoms with Crippen molar-refractivity contribution in [2.75, 3.05) is 65.4 Å². The van der Waals surface area contributed by atoms with Crippen LogP contribution in [-0.4, -0.2) is 88.8 Å². The van der Waals surface area contributed by atoms with Crippen LogP contribution >= 0.6 is 15.0 Å². The molecule has 1 aromatic carbocycles. The molecule has 0 atom stereocenters. The van der Waals surface area contributed by atoms with Crippen molar-refractivity contribution in [1.29, 1.82) is 0 Å². The van der Waals surface area contributed by atoms with E-state index >= 15 is 0 Å². The lowest BCUT2D eigenvalue weighted by Crippen LogP contribution is -2.39. The normalized spacial score (nSPS) is 26.3. The number of benzene rings is 1. The first-order valence-corrected chi connectivity index (χ1v) is 17.6. The smallest absolute Gasteiger partial charge is 0.218 e. The Bertz CT molecular complexity index is 870. The lowest BCUT2D eigenvalue weighted by Gasteiger charge is -2.49. The molecule has 5 heterocycles. The molecule has 7 nitrogen and oxygen atoms in total. The van der Waals surface area contributed by atoms with Crippen LogP contribution in [0.3, 0.4) is 0 Å². The van der Waals surface area contributed by atoms with Crippen molar-refractivity contribution < 1.29 is 0 Å². The molecule has 0 bridgehead atoms. The van der Waals surface area contributed by atoms with Gasteiger partial charge in [-0.15, -0.1) is 0 Å². The first kappa shape index (κ1) is 24.8. The number of rotatable bonds is 7. The van der Waals surface area contributed by atoms with Crippen molar-refractivity contribution in [3.63, 3.8) is 0 Å². The maximum absolute atomic E-state index is 6.43. The van der Waals surface area contributed by atoms with Crippen molar-refractivity contribution in [3.8, 4) is 0 Å². The Balaban J connectivity index is 1.63. The maximum atomic E-state index is 6.43. The molecule has 35 heavy (non-hydrogen) atoms. The zero-order chi connectivity index (χ0) is 23.6. The fourth-order valence-electron chi connectivity index (χ4n) is 6.80. The second-order valence-corrected chi connectivity index (χ2v) is 16.8. The highest BCUT2D eigenvalue weighted by molar-refractivity contribution is 7.71. The van der Waals surface area contributed by atoms with Gasteiger partial charge >= 0.3 is 0 Å². The van der Waals surface area contributed by atoms with Gasteiger partial charge in [0.2, 0.25) is 7.51 Å². The van der Waals surface area contributed by atoms with Gasteiger partial charge in [-0.3, -0.25) is 0 Å². The average Bonchev–Trinajstić information content (AvgIpc) is 3.75. The van der Waals surface area contributed by atoms with Gasteiger partial charge in [-0.05, 0) is 76.3 Å². The molecule has 5 fully saturated rings. The standard InChI is InChI=1S/C26H45N7P2/c1-2-14-26(15-3-1)27-34(29-16-4-5-17-29,30-18-6-7-19-30)28-35(31-20-8-9-21-31,32-22-10-11-23-32)33-24-12-13-25-33/h1-3,14-15H,4-13,16-25H2. The quantitative estimate of drug-likeness (QED) is 0.377. The van der Waals surface area contributed by atoms with Gasteiger partial charge in [0.1, 0.15) is 0 Å². The van der Waals surface area contributed by atoms with Gasteiger partial charge in [-0.1, -0.05) is 18.2 Å². The monoisotopic (exact) mass is 517 g/mol. The van der Waals surface area contributed by atoms with E-state index in [1.54, 1.807) is 0 Å². The first-order valence-electron chi connectivity index (χ1n) is 14.4. The topological polar surface area (TPSA) is 40.9 Å². The summed E-state index contributed by atoms with van der Waals surface area (Å²) in [5.74, 6) is 0. The predicted molar refractivity (Wildman–Crippen MR) is 149 cm³/mol. The summed E-state index contributed by atoms with van der Waals surface area (Å²) >= 11 is 0. The minimum absolute atomic E-state index is 1.13. The largest absolute Gasteiger partial charge is 0.245 e. The highest BCUT2D eigenvalue weighted by Crippen LogP contribution is 2.74. The third-order valence-electron chi connectivity index (χ3n) is 8.56. The Hall–Kier alpha value is -0.520. The molecule has 0 aliphatic carbocycles. The lowest BCUT2D eigenvalue weighted by atomic mass is 10.3. The van der Waals surface area contributed by atoms with E-state index in [1.807, 2.05) is 0 Å². The van der Waals surface area contributed by atoms with E-state index < -0.39 is 15.0 Å². The average molecular weight is 518 g/mol. The van der Waals surface area contributed by atoms with Gasteiger partial charge < -0.3 is 0 Å². The molecule has 5 aliphatic rings. The molecular formula is C26H45N7P2. The zero-order valence-electron chi connectivity index (χ0n) is 21.6. The summed E-state index contributed by atoms with van der Waals surface area (Å²) < 4.78 is 26.5. The molecule has 5 saturated heterocycles. The van der Waals surface area contributed by atoms with E-state index in [0.29, 0.717) is 0 Å². The molecule has 194 valence electrons. The fraction of sp³-hybridized carbons (Fsp3) is 0.769. The van der Waals surface area contributed by atoms with Crippen LogP contribution in [0.25, 0.3) is 0 Å². The molecule has 5 aliphatic heterocycles. The summed E-state index contributed by atoms with van der Waals surface area (Å²) in [4.78, 5) is 0. The lowest BCUT2D eigenvalue weighted by molar-refractivity contribution is 0.383. The van der Waals surface area contributed by atoms with E-state index in [1.165, 1.54) is 103 Å². The van der Waals surface area contributed by atoms with Crippen LogP contribution in [0.4, 0.5) is 5.69 Å². The van der Waals surface area contributed by atoms with Crippen LogP contribution < -0.4 is 0 Å². The van der Waals surface area contributed by atoms with Gasteiger partial charge in [-0.2, -0.15) is 4.52 Å². The molecular weight excluding hydrogens is 472 g/mol. The molecule has 0 unspecified atom stereocenters. The van der Waals surface area contributed by atoms with E-state index in [0.717, 1.165) is 31.9 Å². The molecule has 0 radical (unpaired) electrons. The van der Waals surface area contributed by atoms with E-state index in [-0.39, 0.29) is 0 Å². The van der Waals surface area contributed by atoms with Gasteiger partial charge in [0.05, 0.1) is 5.69 Å². The summed E-state index contributed by atoms with van der Waals surface area (Å²) in [6.45, 7) is 11.9. The number of hydrogen-bond acceptors (Lipinski definition) is 1. The van der Waals surface area contributed by atoms with Crippen molar-refractivity contribution in [1.82, 2.24) is 23.4 Å². The van der Waals surface area contributed by atoms with E-state index in [9.17, 15) is 0 Å². The van der Waals surface area contributed by atoms with Crippen LogP contribution in [0.1, 0.15) is 64.2 Å². The third kappa shape index (κ3) is 4.76. The molecule has 9 heteroatoms.